The van der Waals surface area contributed by atoms with Crippen molar-refractivity contribution < 1.29 is 19.3 Å². The summed E-state index contributed by atoms with van der Waals surface area (Å²) in [4.78, 5) is 0. The summed E-state index contributed by atoms with van der Waals surface area (Å²) in [7, 11) is 0. The van der Waals surface area contributed by atoms with Crippen molar-refractivity contribution in [3.63, 3.8) is 0 Å². The second-order valence-corrected chi connectivity index (χ2v) is 5.05. The van der Waals surface area contributed by atoms with Crippen molar-refractivity contribution in [3.8, 4) is 17.2 Å². The standard InChI is InChI=1S/C17H19NO4/c1-12-8-16-17(22-11-21-16)9-14(12)18-10-13-4-2-3-5-15(13)20-7-6-19/h2-5,8-9,18-19H,6-7,10-11H2,1H3. The van der Waals surface area contributed by atoms with Crippen molar-refractivity contribution in [2.75, 3.05) is 25.3 Å². The van der Waals surface area contributed by atoms with Crippen LogP contribution in [0.1, 0.15) is 11.1 Å². The minimum absolute atomic E-state index is 0.00301. The molecule has 0 bridgehead atoms. The topological polar surface area (TPSA) is 60.0 Å². The fourth-order valence-electron chi connectivity index (χ4n) is 2.37. The molecule has 2 N–H and O–H groups in total. The molecule has 2 aromatic rings. The lowest BCUT2D eigenvalue weighted by Crippen LogP contribution is -2.07. The SMILES string of the molecule is Cc1cc2c(cc1NCc1ccccc1OCCO)OCO2. The van der Waals surface area contributed by atoms with Gasteiger partial charge in [0.15, 0.2) is 11.5 Å². The number of anilines is 1. The van der Waals surface area contributed by atoms with E-state index in [1.807, 2.05) is 43.3 Å². The van der Waals surface area contributed by atoms with Crippen LogP contribution in [-0.4, -0.2) is 25.1 Å². The average Bonchev–Trinajstić information content (AvgIpc) is 2.98. The van der Waals surface area contributed by atoms with E-state index in [-0.39, 0.29) is 13.4 Å². The number of hydrogen-bond donors (Lipinski definition) is 2. The maximum Gasteiger partial charge on any atom is 0.231 e. The van der Waals surface area contributed by atoms with Crippen LogP contribution in [0.3, 0.4) is 0 Å². The number of benzene rings is 2. The lowest BCUT2D eigenvalue weighted by Gasteiger charge is -2.14. The van der Waals surface area contributed by atoms with E-state index in [9.17, 15) is 0 Å². The van der Waals surface area contributed by atoms with E-state index in [1.165, 1.54) is 0 Å². The van der Waals surface area contributed by atoms with Gasteiger partial charge in [-0.3, -0.25) is 0 Å². The zero-order valence-electron chi connectivity index (χ0n) is 12.5. The van der Waals surface area contributed by atoms with Crippen LogP contribution in [0.2, 0.25) is 0 Å². The smallest absolute Gasteiger partial charge is 0.231 e. The van der Waals surface area contributed by atoms with Gasteiger partial charge in [0.25, 0.3) is 0 Å². The van der Waals surface area contributed by atoms with Crippen LogP contribution in [0.15, 0.2) is 36.4 Å². The number of para-hydroxylation sites is 1. The first-order valence-corrected chi connectivity index (χ1v) is 7.23. The van der Waals surface area contributed by atoms with Gasteiger partial charge in [0.2, 0.25) is 6.79 Å². The zero-order valence-corrected chi connectivity index (χ0v) is 12.5. The molecule has 0 aromatic heterocycles. The Balaban J connectivity index is 1.73. The van der Waals surface area contributed by atoms with Gasteiger partial charge in [-0.05, 0) is 24.6 Å². The Morgan fingerprint density at radius 1 is 1.18 bits per heavy atom. The Labute approximate surface area is 129 Å². The number of aliphatic hydroxyl groups is 1. The van der Waals surface area contributed by atoms with E-state index < -0.39 is 0 Å². The Bertz CT molecular complexity index is 657. The lowest BCUT2D eigenvalue weighted by molar-refractivity contribution is 0.174. The molecule has 0 unspecified atom stereocenters. The first-order chi connectivity index (χ1) is 10.8. The molecule has 0 aliphatic carbocycles. The predicted molar refractivity (Wildman–Crippen MR) is 83.7 cm³/mol. The quantitative estimate of drug-likeness (QED) is 0.859. The number of hydrogen-bond acceptors (Lipinski definition) is 5. The summed E-state index contributed by atoms with van der Waals surface area (Å²) >= 11 is 0. The molecule has 1 heterocycles. The van der Waals surface area contributed by atoms with Gasteiger partial charge in [-0.25, -0.2) is 0 Å². The molecular weight excluding hydrogens is 282 g/mol. The first kappa shape index (κ1) is 14.5. The van der Waals surface area contributed by atoms with Crippen LogP contribution in [0.4, 0.5) is 5.69 Å². The average molecular weight is 301 g/mol. The molecule has 116 valence electrons. The van der Waals surface area contributed by atoms with E-state index in [2.05, 4.69) is 5.32 Å². The number of rotatable bonds is 6. The number of aryl methyl sites for hydroxylation is 1. The molecule has 0 saturated heterocycles. The molecular formula is C17H19NO4. The van der Waals surface area contributed by atoms with E-state index in [0.717, 1.165) is 34.1 Å². The van der Waals surface area contributed by atoms with Crippen molar-refractivity contribution in [2.24, 2.45) is 0 Å². The molecule has 0 atom stereocenters. The predicted octanol–water partition coefficient (Wildman–Crippen LogP) is 2.71. The summed E-state index contributed by atoms with van der Waals surface area (Å²) in [6.45, 7) is 3.22. The highest BCUT2D eigenvalue weighted by Gasteiger charge is 2.15. The van der Waals surface area contributed by atoms with Crippen LogP contribution in [-0.2, 0) is 6.54 Å². The van der Waals surface area contributed by atoms with Crippen molar-refractivity contribution in [3.05, 3.63) is 47.5 Å². The molecule has 22 heavy (non-hydrogen) atoms. The highest BCUT2D eigenvalue weighted by molar-refractivity contribution is 5.61. The molecule has 0 radical (unpaired) electrons. The van der Waals surface area contributed by atoms with Gasteiger partial charge in [-0.15, -0.1) is 0 Å². The van der Waals surface area contributed by atoms with E-state index in [4.69, 9.17) is 19.3 Å². The number of nitrogens with one attached hydrogen (secondary N) is 1. The highest BCUT2D eigenvalue weighted by atomic mass is 16.7. The van der Waals surface area contributed by atoms with Gasteiger partial charge in [0.05, 0.1) is 6.61 Å². The molecule has 5 heteroatoms. The summed E-state index contributed by atoms with van der Waals surface area (Å²) in [6.07, 6.45) is 0. The number of fused-ring (bicyclic) bond motifs is 1. The largest absolute Gasteiger partial charge is 0.491 e. The Morgan fingerprint density at radius 2 is 1.95 bits per heavy atom. The number of ether oxygens (including phenoxy) is 3. The van der Waals surface area contributed by atoms with Crippen LogP contribution in [0.25, 0.3) is 0 Å². The second kappa shape index (κ2) is 6.58. The molecule has 0 fully saturated rings. The Morgan fingerprint density at radius 3 is 2.77 bits per heavy atom. The third-order valence-corrected chi connectivity index (χ3v) is 3.51. The summed E-state index contributed by atoms with van der Waals surface area (Å²) in [5, 5.41) is 12.3. The summed E-state index contributed by atoms with van der Waals surface area (Å²) in [5.41, 5.74) is 3.13. The molecule has 0 saturated carbocycles. The van der Waals surface area contributed by atoms with Crippen LogP contribution in [0, 0.1) is 6.92 Å². The second-order valence-electron chi connectivity index (χ2n) is 5.05. The summed E-state index contributed by atoms with van der Waals surface area (Å²) in [6, 6.07) is 11.7. The van der Waals surface area contributed by atoms with Crippen LogP contribution in [0.5, 0.6) is 17.2 Å². The molecule has 5 nitrogen and oxygen atoms in total. The fraction of sp³-hybridized carbons (Fsp3) is 0.294. The lowest BCUT2D eigenvalue weighted by atomic mass is 10.1. The first-order valence-electron chi connectivity index (χ1n) is 7.23. The third kappa shape index (κ3) is 3.09. The van der Waals surface area contributed by atoms with Gasteiger partial charge < -0.3 is 24.6 Å². The molecule has 1 aliphatic rings. The zero-order chi connectivity index (χ0) is 15.4. The molecule has 0 spiro atoms. The van der Waals surface area contributed by atoms with Gasteiger partial charge in [0, 0.05) is 23.9 Å². The highest BCUT2D eigenvalue weighted by Crippen LogP contribution is 2.37. The van der Waals surface area contributed by atoms with Crippen molar-refractivity contribution >= 4 is 5.69 Å². The van der Waals surface area contributed by atoms with Gasteiger partial charge in [-0.1, -0.05) is 18.2 Å². The fourth-order valence-corrected chi connectivity index (χ4v) is 2.37. The summed E-state index contributed by atoms with van der Waals surface area (Å²) in [5.74, 6) is 2.33. The maximum absolute atomic E-state index is 8.89. The van der Waals surface area contributed by atoms with Gasteiger partial charge in [0.1, 0.15) is 12.4 Å². The molecule has 1 aliphatic heterocycles. The van der Waals surface area contributed by atoms with Crippen molar-refractivity contribution in [2.45, 2.75) is 13.5 Å². The van der Waals surface area contributed by atoms with Gasteiger partial charge in [-0.2, -0.15) is 0 Å². The van der Waals surface area contributed by atoms with Crippen LogP contribution >= 0.6 is 0 Å². The van der Waals surface area contributed by atoms with E-state index in [1.54, 1.807) is 0 Å². The van der Waals surface area contributed by atoms with Crippen molar-refractivity contribution in [1.82, 2.24) is 0 Å². The minimum atomic E-state index is 0.00301. The summed E-state index contributed by atoms with van der Waals surface area (Å²) < 4.78 is 16.3. The molecule has 2 aromatic carbocycles. The monoisotopic (exact) mass is 301 g/mol. The Kier molecular flexibility index (Phi) is 4.34. The molecule has 3 rings (SSSR count). The van der Waals surface area contributed by atoms with E-state index in [0.29, 0.717) is 13.2 Å². The molecule has 0 amide bonds. The third-order valence-electron chi connectivity index (χ3n) is 3.51. The van der Waals surface area contributed by atoms with Crippen LogP contribution < -0.4 is 19.5 Å². The van der Waals surface area contributed by atoms with Gasteiger partial charge >= 0.3 is 0 Å². The number of aliphatic hydroxyl groups excluding tert-OH is 1. The van der Waals surface area contributed by atoms with E-state index >= 15 is 0 Å². The van der Waals surface area contributed by atoms with Crippen molar-refractivity contribution in [1.29, 1.82) is 0 Å². The minimum Gasteiger partial charge on any atom is -0.491 e. The normalized spacial score (nSPS) is 12.3. The maximum atomic E-state index is 8.89. The Hall–Kier alpha value is -2.40.